The topological polar surface area (TPSA) is 85.3 Å². The van der Waals surface area contributed by atoms with Crippen LogP contribution in [0.25, 0.3) is 11.3 Å². The second-order valence-electron chi connectivity index (χ2n) is 5.94. The summed E-state index contributed by atoms with van der Waals surface area (Å²) < 4.78 is 33.7. The standard InChI is InChI=1S/C19H15ClF2N4O3/c1-26-9-14(17(25-26)12-6-4-11(21)8-15(12)22)19(28)24-23-18(27)13-5-3-10(20)7-16(13)29-2/h3-9H,1-2H3,(H,23,27)(H,24,28). The van der Waals surface area contributed by atoms with Crippen molar-refractivity contribution in [3.63, 3.8) is 0 Å². The molecular weight excluding hydrogens is 406 g/mol. The molecule has 0 aliphatic carbocycles. The molecule has 0 spiro atoms. The second-order valence-corrected chi connectivity index (χ2v) is 6.38. The molecule has 0 aliphatic heterocycles. The largest absolute Gasteiger partial charge is 0.496 e. The second kappa shape index (κ2) is 8.27. The molecule has 0 fully saturated rings. The summed E-state index contributed by atoms with van der Waals surface area (Å²) in [6.07, 6.45) is 1.35. The molecule has 3 aromatic rings. The Bertz CT molecular complexity index is 1100. The predicted octanol–water partition coefficient (Wildman–Crippen LogP) is 3.10. The molecule has 29 heavy (non-hydrogen) atoms. The number of methoxy groups -OCH3 is 1. The lowest BCUT2D eigenvalue weighted by Gasteiger charge is -2.11. The van der Waals surface area contributed by atoms with Crippen LogP contribution in [0.5, 0.6) is 5.75 Å². The Balaban J connectivity index is 1.81. The Hall–Kier alpha value is -3.46. The van der Waals surface area contributed by atoms with Gasteiger partial charge in [0.15, 0.2) is 0 Å². The van der Waals surface area contributed by atoms with E-state index < -0.39 is 23.4 Å². The van der Waals surface area contributed by atoms with Crippen LogP contribution in [0.3, 0.4) is 0 Å². The van der Waals surface area contributed by atoms with Crippen molar-refractivity contribution in [3.05, 3.63) is 70.4 Å². The Morgan fingerprint density at radius 1 is 1.07 bits per heavy atom. The van der Waals surface area contributed by atoms with Crippen LogP contribution in [0.4, 0.5) is 8.78 Å². The van der Waals surface area contributed by atoms with Crippen molar-refractivity contribution in [2.45, 2.75) is 0 Å². The van der Waals surface area contributed by atoms with Gasteiger partial charge in [-0.1, -0.05) is 11.6 Å². The fourth-order valence-corrected chi connectivity index (χ4v) is 2.80. The summed E-state index contributed by atoms with van der Waals surface area (Å²) in [4.78, 5) is 24.9. The number of hydrogen-bond donors (Lipinski definition) is 2. The van der Waals surface area contributed by atoms with Crippen molar-refractivity contribution >= 4 is 23.4 Å². The Morgan fingerprint density at radius 3 is 2.41 bits per heavy atom. The molecule has 1 aromatic heterocycles. The normalized spacial score (nSPS) is 10.5. The number of rotatable bonds is 4. The van der Waals surface area contributed by atoms with E-state index in [4.69, 9.17) is 16.3 Å². The lowest BCUT2D eigenvalue weighted by atomic mass is 10.1. The zero-order valence-corrected chi connectivity index (χ0v) is 16.1. The van der Waals surface area contributed by atoms with E-state index in [0.717, 1.165) is 6.07 Å². The molecule has 0 saturated heterocycles. The Kier molecular flexibility index (Phi) is 5.79. The number of halogens is 3. The van der Waals surface area contributed by atoms with E-state index in [2.05, 4.69) is 16.0 Å². The van der Waals surface area contributed by atoms with Gasteiger partial charge in [-0.3, -0.25) is 25.1 Å². The van der Waals surface area contributed by atoms with Crippen LogP contribution in [0.15, 0.2) is 42.6 Å². The van der Waals surface area contributed by atoms with Gasteiger partial charge in [0.2, 0.25) is 0 Å². The van der Waals surface area contributed by atoms with Crippen molar-refractivity contribution in [1.29, 1.82) is 0 Å². The summed E-state index contributed by atoms with van der Waals surface area (Å²) >= 11 is 5.86. The number of aryl methyl sites for hydroxylation is 1. The number of carbonyl (C=O) groups excluding carboxylic acids is 2. The molecule has 150 valence electrons. The molecule has 2 aromatic carbocycles. The third-order valence-corrected chi connectivity index (χ3v) is 4.19. The number of ether oxygens (including phenoxy) is 1. The lowest BCUT2D eigenvalue weighted by molar-refractivity contribution is 0.0845. The van der Waals surface area contributed by atoms with E-state index in [1.54, 1.807) is 7.05 Å². The lowest BCUT2D eigenvalue weighted by Crippen LogP contribution is -2.41. The summed E-state index contributed by atoms with van der Waals surface area (Å²) in [6, 6.07) is 7.32. The number of nitrogens with zero attached hydrogens (tertiary/aromatic N) is 2. The molecule has 7 nitrogen and oxygen atoms in total. The van der Waals surface area contributed by atoms with Gasteiger partial charge in [0, 0.05) is 29.9 Å². The highest BCUT2D eigenvalue weighted by Crippen LogP contribution is 2.26. The summed E-state index contributed by atoms with van der Waals surface area (Å²) in [5.41, 5.74) is 4.57. The zero-order chi connectivity index (χ0) is 21.1. The maximum Gasteiger partial charge on any atom is 0.273 e. The van der Waals surface area contributed by atoms with Gasteiger partial charge < -0.3 is 4.74 Å². The molecule has 0 unspecified atom stereocenters. The van der Waals surface area contributed by atoms with Gasteiger partial charge in [-0.2, -0.15) is 5.10 Å². The number of amides is 2. The van der Waals surface area contributed by atoms with Crippen molar-refractivity contribution in [2.24, 2.45) is 7.05 Å². The van der Waals surface area contributed by atoms with Crippen LogP contribution in [0.2, 0.25) is 5.02 Å². The van der Waals surface area contributed by atoms with Gasteiger partial charge in [-0.15, -0.1) is 0 Å². The first-order valence-electron chi connectivity index (χ1n) is 8.23. The summed E-state index contributed by atoms with van der Waals surface area (Å²) in [7, 11) is 2.92. The molecule has 1 heterocycles. The maximum atomic E-state index is 14.1. The number of hydrogen-bond acceptors (Lipinski definition) is 4. The zero-order valence-electron chi connectivity index (χ0n) is 15.3. The van der Waals surface area contributed by atoms with E-state index in [0.29, 0.717) is 11.1 Å². The first-order chi connectivity index (χ1) is 13.8. The average molecular weight is 421 g/mol. The van der Waals surface area contributed by atoms with Gasteiger partial charge in [-0.25, -0.2) is 8.78 Å². The smallest absolute Gasteiger partial charge is 0.273 e. The molecule has 2 amide bonds. The molecule has 2 N–H and O–H groups in total. The van der Waals surface area contributed by atoms with Gasteiger partial charge >= 0.3 is 0 Å². The van der Waals surface area contributed by atoms with Crippen LogP contribution in [0, 0.1) is 11.6 Å². The summed E-state index contributed by atoms with van der Waals surface area (Å²) in [5, 5.41) is 4.44. The van der Waals surface area contributed by atoms with Crippen LogP contribution in [-0.4, -0.2) is 28.7 Å². The molecule has 0 aliphatic rings. The van der Waals surface area contributed by atoms with Crippen molar-refractivity contribution < 1.29 is 23.1 Å². The molecular formula is C19H15ClF2N4O3. The van der Waals surface area contributed by atoms with E-state index >= 15 is 0 Å². The van der Waals surface area contributed by atoms with Crippen LogP contribution >= 0.6 is 11.6 Å². The fourth-order valence-electron chi connectivity index (χ4n) is 2.64. The highest BCUT2D eigenvalue weighted by atomic mass is 35.5. The third-order valence-electron chi connectivity index (χ3n) is 3.96. The Morgan fingerprint density at radius 2 is 1.76 bits per heavy atom. The summed E-state index contributed by atoms with van der Waals surface area (Å²) in [5.74, 6) is -2.78. The minimum absolute atomic E-state index is 0.000762. The molecule has 0 radical (unpaired) electrons. The molecule has 0 bridgehead atoms. The van der Waals surface area contributed by atoms with Gasteiger partial charge in [-0.05, 0) is 30.3 Å². The fraction of sp³-hybridized carbons (Fsp3) is 0.105. The average Bonchev–Trinajstić information content (AvgIpc) is 3.07. The first kappa shape index (κ1) is 20.3. The van der Waals surface area contributed by atoms with Gasteiger partial charge in [0.1, 0.15) is 23.1 Å². The SMILES string of the molecule is COc1cc(Cl)ccc1C(=O)NNC(=O)c1cn(C)nc1-c1ccc(F)cc1F. The van der Waals surface area contributed by atoms with E-state index in [1.807, 2.05) is 0 Å². The van der Waals surface area contributed by atoms with Gasteiger partial charge in [0.25, 0.3) is 11.8 Å². The summed E-state index contributed by atoms with van der Waals surface area (Å²) in [6.45, 7) is 0. The quantitative estimate of drug-likeness (QED) is 0.635. The minimum Gasteiger partial charge on any atom is -0.496 e. The predicted molar refractivity (Wildman–Crippen MR) is 101 cm³/mol. The minimum atomic E-state index is -0.868. The van der Waals surface area contributed by atoms with Crippen molar-refractivity contribution in [2.75, 3.05) is 7.11 Å². The number of aromatic nitrogens is 2. The molecule has 0 saturated carbocycles. The first-order valence-corrected chi connectivity index (χ1v) is 8.61. The number of benzene rings is 2. The van der Waals surface area contributed by atoms with Gasteiger partial charge in [0.05, 0.1) is 18.2 Å². The van der Waals surface area contributed by atoms with Crippen LogP contribution < -0.4 is 15.6 Å². The van der Waals surface area contributed by atoms with E-state index in [9.17, 15) is 18.4 Å². The number of nitrogens with one attached hydrogen (secondary N) is 2. The van der Waals surface area contributed by atoms with Crippen LogP contribution in [0.1, 0.15) is 20.7 Å². The molecule has 3 rings (SSSR count). The van der Waals surface area contributed by atoms with Crippen LogP contribution in [-0.2, 0) is 7.05 Å². The monoisotopic (exact) mass is 420 g/mol. The van der Waals surface area contributed by atoms with Crippen molar-refractivity contribution in [1.82, 2.24) is 20.6 Å². The Labute approximate surface area is 169 Å². The number of carbonyl (C=O) groups is 2. The maximum absolute atomic E-state index is 14.1. The number of hydrazine groups is 1. The molecule has 10 heteroatoms. The van der Waals surface area contributed by atoms with E-state index in [-0.39, 0.29) is 28.1 Å². The van der Waals surface area contributed by atoms with E-state index in [1.165, 1.54) is 42.3 Å². The van der Waals surface area contributed by atoms with Crippen molar-refractivity contribution in [3.8, 4) is 17.0 Å². The molecule has 0 atom stereocenters. The highest BCUT2D eigenvalue weighted by Gasteiger charge is 2.21. The third kappa shape index (κ3) is 4.35. The highest BCUT2D eigenvalue weighted by molar-refractivity contribution is 6.30.